The van der Waals surface area contributed by atoms with E-state index in [1.165, 1.54) is 7.11 Å². The van der Waals surface area contributed by atoms with Gasteiger partial charge >= 0.3 is 5.97 Å². The number of nitriles is 1. The quantitative estimate of drug-likeness (QED) is 0.490. The molecule has 0 aliphatic heterocycles. The number of methoxy groups -OCH3 is 1. The fourth-order valence-corrected chi connectivity index (χ4v) is 2.27. The predicted octanol–water partition coefficient (Wildman–Crippen LogP) is 1.38. The molecule has 0 spiro atoms. The molecule has 5 heteroatoms. The fraction of sp³-hybridized carbons (Fsp3) is 0.800. The molecule has 0 saturated heterocycles. The van der Waals surface area contributed by atoms with Crippen molar-refractivity contribution in [3.05, 3.63) is 0 Å². The minimum atomic E-state index is -1.00. The number of unbranched alkanes of at least 4 members (excludes halogenated alkanes) is 2. The molecule has 0 rings (SSSR count). The summed E-state index contributed by atoms with van der Waals surface area (Å²) in [6.45, 7) is 1.78. The molecule has 2 atom stereocenters. The van der Waals surface area contributed by atoms with Gasteiger partial charge in [0.15, 0.2) is 0 Å². The number of carbonyl (C=O) groups is 1. The molecule has 15 heavy (non-hydrogen) atoms. The third kappa shape index (κ3) is 7.09. The molecule has 0 aliphatic carbocycles. The summed E-state index contributed by atoms with van der Waals surface area (Å²) < 4.78 is 16.1. The van der Waals surface area contributed by atoms with Gasteiger partial charge in [-0.3, -0.25) is 9.00 Å². The lowest BCUT2D eigenvalue weighted by molar-refractivity contribution is -0.140. The van der Waals surface area contributed by atoms with Crippen LogP contribution in [0.4, 0.5) is 0 Å². The molecule has 86 valence electrons. The van der Waals surface area contributed by atoms with Crippen molar-refractivity contribution in [2.75, 3.05) is 12.9 Å². The van der Waals surface area contributed by atoms with Gasteiger partial charge < -0.3 is 4.74 Å². The van der Waals surface area contributed by atoms with Gasteiger partial charge in [-0.05, 0) is 12.8 Å². The second-order valence-corrected chi connectivity index (χ2v) is 5.27. The Morgan fingerprint density at radius 2 is 2.20 bits per heavy atom. The van der Waals surface area contributed by atoms with Crippen LogP contribution in [0.2, 0.25) is 0 Å². The van der Waals surface area contributed by atoms with Crippen molar-refractivity contribution in [2.24, 2.45) is 0 Å². The molecule has 0 heterocycles. The fourth-order valence-electron chi connectivity index (χ4n) is 1.06. The Morgan fingerprint density at radius 1 is 1.53 bits per heavy atom. The third-order valence-electron chi connectivity index (χ3n) is 2.01. The van der Waals surface area contributed by atoms with Gasteiger partial charge in [0.05, 0.1) is 19.6 Å². The Hall–Kier alpha value is -0.890. The molecular weight excluding hydrogens is 214 g/mol. The molecule has 0 radical (unpaired) electrons. The lowest BCUT2D eigenvalue weighted by atomic mass is 10.3. The summed E-state index contributed by atoms with van der Waals surface area (Å²) in [6, 6.07) is 2.04. The van der Waals surface area contributed by atoms with E-state index in [9.17, 15) is 9.00 Å². The average molecular weight is 231 g/mol. The lowest BCUT2D eigenvalue weighted by Gasteiger charge is -2.09. The Labute approximate surface area is 93.1 Å². The van der Waals surface area contributed by atoms with E-state index in [2.05, 4.69) is 4.74 Å². The average Bonchev–Trinajstić information content (AvgIpc) is 2.23. The van der Waals surface area contributed by atoms with E-state index >= 15 is 0 Å². The van der Waals surface area contributed by atoms with Gasteiger partial charge in [-0.15, -0.1) is 0 Å². The molecule has 0 aromatic rings. The van der Waals surface area contributed by atoms with Crippen LogP contribution in [-0.4, -0.2) is 28.3 Å². The summed E-state index contributed by atoms with van der Waals surface area (Å²) in [6.07, 6.45) is 2.24. The van der Waals surface area contributed by atoms with Crippen molar-refractivity contribution >= 4 is 16.8 Å². The first-order valence-corrected chi connectivity index (χ1v) is 6.31. The number of nitrogens with zero attached hydrogens (tertiary/aromatic N) is 1. The second-order valence-electron chi connectivity index (χ2n) is 3.29. The van der Waals surface area contributed by atoms with Gasteiger partial charge in [-0.25, -0.2) is 0 Å². The Kier molecular flexibility index (Phi) is 7.92. The highest BCUT2D eigenvalue weighted by molar-refractivity contribution is 7.85. The van der Waals surface area contributed by atoms with Crippen LogP contribution in [0, 0.1) is 11.3 Å². The van der Waals surface area contributed by atoms with E-state index < -0.39 is 10.8 Å². The van der Waals surface area contributed by atoms with Gasteiger partial charge in [-0.1, -0.05) is 6.92 Å². The molecule has 4 nitrogen and oxygen atoms in total. The van der Waals surface area contributed by atoms with E-state index in [4.69, 9.17) is 5.26 Å². The highest BCUT2D eigenvalue weighted by Gasteiger charge is 2.15. The number of carbonyl (C=O) groups excluding carboxylic acids is 1. The summed E-state index contributed by atoms with van der Waals surface area (Å²) in [5.74, 6) is 0.229. The molecule has 0 N–H and O–H groups in total. The number of hydrogen-bond donors (Lipinski definition) is 0. The van der Waals surface area contributed by atoms with Crippen molar-refractivity contribution < 1.29 is 13.7 Å². The SMILES string of the molecule is COC(=O)CC(C)S(=O)CCCCC#N. The van der Waals surface area contributed by atoms with Gasteiger partial charge in [0.1, 0.15) is 0 Å². The molecule has 0 fully saturated rings. The monoisotopic (exact) mass is 231 g/mol. The van der Waals surface area contributed by atoms with Gasteiger partial charge in [0.2, 0.25) is 0 Å². The Morgan fingerprint density at radius 3 is 2.73 bits per heavy atom. The normalized spacial score (nSPS) is 13.9. The van der Waals surface area contributed by atoms with Crippen molar-refractivity contribution in [3.63, 3.8) is 0 Å². The Bertz CT molecular complexity index is 260. The van der Waals surface area contributed by atoms with Crippen LogP contribution in [-0.2, 0) is 20.3 Å². The van der Waals surface area contributed by atoms with Gasteiger partial charge in [-0.2, -0.15) is 5.26 Å². The van der Waals surface area contributed by atoms with E-state index in [1.54, 1.807) is 6.92 Å². The number of hydrogen-bond acceptors (Lipinski definition) is 4. The van der Waals surface area contributed by atoms with Crippen LogP contribution < -0.4 is 0 Å². The molecule has 0 amide bonds. The van der Waals surface area contributed by atoms with Crippen molar-refractivity contribution in [1.82, 2.24) is 0 Å². The van der Waals surface area contributed by atoms with Gasteiger partial charge in [0.25, 0.3) is 0 Å². The Balaban J connectivity index is 3.70. The maximum absolute atomic E-state index is 11.6. The number of rotatable bonds is 7. The molecule has 0 aromatic carbocycles. The van der Waals surface area contributed by atoms with Crippen LogP contribution in [0.15, 0.2) is 0 Å². The first kappa shape index (κ1) is 14.1. The standard InChI is InChI=1S/C10H17NO3S/c1-9(8-10(12)14-2)15(13)7-5-3-4-6-11/h9H,3-5,7-8H2,1-2H3. The van der Waals surface area contributed by atoms with E-state index in [1.807, 2.05) is 6.07 Å². The van der Waals surface area contributed by atoms with Crippen molar-refractivity contribution in [2.45, 2.75) is 37.9 Å². The molecule has 0 bridgehead atoms. The van der Waals surface area contributed by atoms with Crippen molar-refractivity contribution in [1.29, 1.82) is 5.26 Å². The van der Waals surface area contributed by atoms with Crippen LogP contribution in [0.1, 0.15) is 32.6 Å². The smallest absolute Gasteiger partial charge is 0.306 e. The summed E-state index contributed by atoms with van der Waals surface area (Å²) >= 11 is 0. The zero-order chi connectivity index (χ0) is 11.7. The number of esters is 1. The van der Waals surface area contributed by atoms with Crippen LogP contribution in [0.3, 0.4) is 0 Å². The number of ether oxygens (including phenoxy) is 1. The highest BCUT2D eigenvalue weighted by Crippen LogP contribution is 2.06. The van der Waals surface area contributed by atoms with Crippen LogP contribution in [0.5, 0.6) is 0 Å². The molecule has 2 unspecified atom stereocenters. The van der Waals surface area contributed by atoms with Crippen LogP contribution in [0.25, 0.3) is 0 Å². The first-order valence-electron chi connectivity index (χ1n) is 4.92. The zero-order valence-corrected chi connectivity index (χ0v) is 10.0. The van der Waals surface area contributed by atoms with Gasteiger partial charge in [0, 0.05) is 28.2 Å². The molecule has 0 aliphatic rings. The second kappa shape index (κ2) is 8.42. The first-order chi connectivity index (χ1) is 7.11. The molecule has 0 saturated carbocycles. The van der Waals surface area contributed by atoms with E-state index in [-0.39, 0.29) is 17.6 Å². The maximum atomic E-state index is 11.6. The summed E-state index contributed by atoms with van der Waals surface area (Å²) in [5.41, 5.74) is 0. The predicted molar refractivity (Wildman–Crippen MR) is 58.6 cm³/mol. The highest BCUT2D eigenvalue weighted by atomic mass is 32.2. The summed E-state index contributed by atoms with van der Waals surface area (Å²) in [5, 5.41) is 8.14. The lowest BCUT2D eigenvalue weighted by Crippen LogP contribution is -2.19. The van der Waals surface area contributed by atoms with E-state index in [0.29, 0.717) is 12.2 Å². The molecular formula is C10H17NO3S. The third-order valence-corrected chi connectivity index (χ3v) is 3.77. The zero-order valence-electron chi connectivity index (χ0n) is 9.19. The minimum Gasteiger partial charge on any atom is -0.469 e. The summed E-state index contributed by atoms with van der Waals surface area (Å²) in [4.78, 5) is 10.9. The topological polar surface area (TPSA) is 67.2 Å². The molecule has 0 aromatic heterocycles. The summed E-state index contributed by atoms with van der Waals surface area (Å²) in [7, 11) is 0.324. The minimum absolute atomic E-state index is 0.167. The largest absolute Gasteiger partial charge is 0.469 e. The van der Waals surface area contributed by atoms with E-state index in [0.717, 1.165) is 12.8 Å². The maximum Gasteiger partial charge on any atom is 0.306 e. The van der Waals surface area contributed by atoms with Crippen molar-refractivity contribution in [3.8, 4) is 6.07 Å². The van der Waals surface area contributed by atoms with Crippen LogP contribution >= 0.6 is 0 Å².